The van der Waals surface area contributed by atoms with Crippen molar-refractivity contribution in [3.05, 3.63) is 48.1 Å². The summed E-state index contributed by atoms with van der Waals surface area (Å²) >= 11 is 0. The number of rotatable bonds is 6. The second kappa shape index (κ2) is 7.64. The van der Waals surface area contributed by atoms with Gasteiger partial charge in [0.25, 0.3) is 0 Å². The Hall–Kier alpha value is -2.48. The van der Waals surface area contributed by atoms with Gasteiger partial charge in [0.2, 0.25) is 0 Å². The van der Waals surface area contributed by atoms with Gasteiger partial charge in [0.1, 0.15) is 17.5 Å². The molecule has 1 aliphatic heterocycles. The summed E-state index contributed by atoms with van der Waals surface area (Å²) in [6.45, 7) is 9.10. The van der Waals surface area contributed by atoms with Gasteiger partial charge in [-0.05, 0) is 39.8 Å². The average molecular weight is 368 g/mol. The van der Waals surface area contributed by atoms with Gasteiger partial charge >= 0.3 is 0 Å². The Balaban J connectivity index is 1.33. The number of aromatic nitrogens is 7. The third kappa shape index (κ3) is 3.80. The van der Waals surface area contributed by atoms with Crippen molar-refractivity contribution in [1.82, 2.24) is 38.8 Å². The van der Waals surface area contributed by atoms with Gasteiger partial charge in [-0.15, -0.1) is 10.2 Å². The average Bonchev–Trinajstić information content (AvgIpc) is 3.37. The molecule has 1 saturated heterocycles. The summed E-state index contributed by atoms with van der Waals surface area (Å²) in [4.78, 5) is 11.1. The fourth-order valence-electron chi connectivity index (χ4n) is 3.90. The van der Waals surface area contributed by atoms with Crippen LogP contribution in [-0.4, -0.2) is 58.4 Å². The van der Waals surface area contributed by atoms with Crippen LogP contribution in [0.3, 0.4) is 0 Å². The molecular formula is C19H28N8. The Bertz CT molecular complexity index is 881. The molecule has 8 nitrogen and oxygen atoms in total. The first-order valence-corrected chi connectivity index (χ1v) is 9.68. The van der Waals surface area contributed by atoms with Crippen molar-refractivity contribution >= 4 is 0 Å². The highest BCUT2D eigenvalue weighted by molar-refractivity contribution is 5.05. The molecule has 0 unspecified atom stereocenters. The number of piperidine rings is 1. The zero-order valence-electron chi connectivity index (χ0n) is 16.4. The second-order valence-corrected chi connectivity index (χ2v) is 7.42. The molecule has 1 fully saturated rings. The highest BCUT2D eigenvalue weighted by Gasteiger charge is 2.25. The van der Waals surface area contributed by atoms with E-state index in [1.54, 1.807) is 0 Å². The minimum Gasteiger partial charge on any atom is -0.334 e. The molecule has 0 radical (unpaired) electrons. The molecule has 3 aromatic heterocycles. The van der Waals surface area contributed by atoms with Crippen LogP contribution in [0.2, 0.25) is 0 Å². The van der Waals surface area contributed by atoms with Gasteiger partial charge in [-0.3, -0.25) is 0 Å². The van der Waals surface area contributed by atoms with Crippen molar-refractivity contribution in [2.24, 2.45) is 7.05 Å². The van der Waals surface area contributed by atoms with Crippen LogP contribution < -0.4 is 0 Å². The largest absolute Gasteiger partial charge is 0.334 e. The third-order valence-corrected chi connectivity index (χ3v) is 5.77. The molecular weight excluding hydrogens is 340 g/mol. The van der Waals surface area contributed by atoms with E-state index < -0.39 is 0 Å². The van der Waals surface area contributed by atoms with E-state index in [4.69, 9.17) is 0 Å². The van der Waals surface area contributed by atoms with Crippen LogP contribution in [0.4, 0.5) is 0 Å². The maximum Gasteiger partial charge on any atom is 0.152 e. The van der Waals surface area contributed by atoms with Gasteiger partial charge in [-0.2, -0.15) is 0 Å². The monoisotopic (exact) mass is 368 g/mol. The first-order chi connectivity index (χ1) is 13.1. The summed E-state index contributed by atoms with van der Waals surface area (Å²) in [5.74, 6) is 4.69. The number of nitrogens with zero attached hydrogens (tertiary/aromatic N) is 8. The van der Waals surface area contributed by atoms with Crippen molar-refractivity contribution in [3.63, 3.8) is 0 Å². The van der Waals surface area contributed by atoms with Gasteiger partial charge in [-0.1, -0.05) is 0 Å². The van der Waals surface area contributed by atoms with Crippen LogP contribution in [0.25, 0.3) is 0 Å². The van der Waals surface area contributed by atoms with E-state index >= 15 is 0 Å². The highest BCUT2D eigenvalue weighted by atomic mass is 15.3. The Kier molecular flexibility index (Phi) is 5.07. The lowest BCUT2D eigenvalue weighted by molar-refractivity contribution is 0.200. The van der Waals surface area contributed by atoms with Crippen LogP contribution in [-0.2, 0) is 20.1 Å². The minimum absolute atomic E-state index is 0.492. The molecule has 0 aliphatic carbocycles. The zero-order chi connectivity index (χ0) is 18.8. The molecule has 4 rings (SSSR count). The normalized spacial score (nSPS) is 16.3. The van der Waals surface area contributed by atoms with E-state index in [1.807, 2.05) is 25.5 Å². The maximum atomic E-state index is 4.52. The molecule has 0 spiro atoms. The standard InChI is InChI=1S/C19H28N8/c1-15-20-6-10-26(15)13-12-25-8-4-17(5-9-25)19-23-22-18(24(19)3)14-27-11-7-21-16(27)2/h6-7,10-11,17H,4-5,8-9,12-14H2,1-3H3. The van der Waals surface area contributed by atoms with Crippen molar-refractivity contribution in [2.75, 3.05) is 19.6 Å². The van der Waals surface area contributed by atoms with E-state index in [-0.39, 0.29) is 0 Å². The lowest BCUT2D eigenvalue weighted by Crippen LogP contribution is -2.36. The molecule has 0 aromatic carbocycles. The van der Waals surface area contributed by atoms with E-state index in [9.17, 15) is 0 Å². The summed E-state index contributed by atoms with van der Waals surface area (Å²) in [7, 11) is 2.09. The minimum atomic E-state index is 0.492. The fourth-order valence-corrected chi connectivity index (χ4v) is 3.90. The van der Waals surface area contributed by atoms with Crippen LogP contribution in [0.5, 0.6) is 0 Å². The van der Waals surface area contributed by atoms with Crippen molar-refractivity contribution in [3.8, 4) is 0 Å². The summed E-state index contributed by atoms with van der Waals surface area (Å²) < 4.78 is 6.50. The van der Waals surface area contributed by atoms with Crippen molar-refractivity contribution < 1.29 is 0 Å². The van der Waals surface area contributed by atoms with Gasteiger partial charge in [0.05, 0.1) is 6.54 Å². The summed E-state index contributed by atoms with van der Waals surface area (Å²) in [5, 5.41) is 8.97. The van der Waals surface area contributed by atoms with Gasteiger partial charge in [-0.25, -0.2) is 9.97 Å². The smallest absolute Gasteiger partial charge is 0.152 e. The van der Waals surface area contributed by atoms with Crippen LogP contribution in [0.15, 0.2) is 24.8 Å². The van der Waals surface area contributed by atoms with Crippen LogP contribution >= 0.6 is 0 Å². The maximum absolute atomic E-state index is 4.52. The van der Waals surface area contributed by atoms with Crippen LogP contribution in [0, 0.1) is 13.8 Å². The molecule has 144 valence electrons. The van der Waals surface area contributed by atoms with E-state index in [0.29, 0.717) is 5.92 Å². The summed E-state index contributed by atoms with van der Waals surface area (Å²) in [6, 6.07) is 0. The zero-order valence-corrected chi connectivity index (χ0v) is 16.4. The number of hydrogen-bond acceptors (Lipinski definition) is 5. The molecule has 1 aliphatic rings. The van der Waals surface area contributed by atoms with Gasteiger partial charge < -0.3 is 18.6 Å². The Morgan fingerprint density at radius 1 is 0.926 bits per heavy atom. The number of aryl methyl sites for hydroxylation is 2. The summed E-state index contributed by atoms with van der Waals surface area (Å²) in [5.41, 5.74) is 0. The molecule has 3 aromatic rings. The van der Waals surface area contributed by atoms with Gasteiger partial charge in [0, 0.05) is 50.8 Å². The molecule has 4 heterocycles. The molecule has 0 saturated carbocycles. The molecule has 8 heteroatoms. The Labute approximate surface area is 159 Å². The van der Waals surface area contributed by atoms with Crippen LogP contribution in [0.1, 0.15) is 42.1 Å². The number of hydrogen-bond donors (Lipinski definition) is 0. The molecule has 0 amide bonds. The summed E-state index contributed by atoms with van der Waals surface area (Å²) in [6.07, 6.45) is 10.0. The van der Waals surface area contributed by atoms with Gasteiger partial charge in [0.15, 0.2) is 5.82 Å². The highest BCUT2D eigenvalue weighted by Crippen LogP contribution is 2.27. The van der Waals surface area contributed by atoms with E-state index in [0.717, 1.165) is 68.9 Å². The number of likely N-dealkylation sites (tertiary alicyclic amines) is 1. The lowest BCUT2D eigenvalue weighted by Gasteiger charge is -2.31. The Morgan fingerprint density at radius 3 is 2.22 bits per heavy atom. The first kappa shape index (κ1) is 17.9. The quantitative estimate of drug-likeness (QED) is 0.663. The predicted molar refractivity (Wildman–Crippen MR) is 102 cm³/mol. The SMILES string of the molecule is Cc1nccn1CCN1CCC(c2nnc(Cn3ccnc3C)n2C)CC1. The molecule has 0 N–H and O–H groups in total. The van der Waals surface area contributed by atoms with Crippen molar-refractivity contribution in [1.29, 1.82) is 0 Å². The molecule has 0 atom stereocenters. The Morgan fingerprint density at radius 2 is 1.59 bits per heavy atom. The van der Waals surface area contributed by atoms with E-state index in [2.05, 4.69) is 58.9 Å². The second-order valence-electron chi connectivity index (χ2n) is 7.42. The van der Waals surface area contributed by atoms with Crippen molar-refractivity contribution in [2.45, 2.75) is 45.7 Å². The molecule has 0 bridgehead atoms. The topological polar surface area (TPSA) is 69.6 Å². The molecule has 27 heavy (non-hydrogen) atoms. The lowest BCUT2D eigenvalue weighted by atomic mass is 9.96. The third-order valence-electron chi connectivity index (χ3n) is 5.77. The first-order valence-electron chi connectivity index (χ1n) is 9.68. The van der Waals surface area contributed by atoms with E-state index in [1.165, 1.54) is 0 Å². The fraction of sp³-hybridized carbons (Fsp3) is 0.579. The predicted octanol–water partition coefficient (Wildman–Crippen LogP) is 1.75. The number of imidazole rings is 2.